The summed E-state index contributed by atoms with van der Waals surface area (Å²) in [5, 5.41) is 9.85. The molecular formula is C16H22N4O. The summed E-state index contributed by atoms with van der Waals surface area (Å²) in [6, 6.07) is 7.60. The van der Waals surface area contributed by atoms with E-state index in [9.17, 15) is 4.79 Å². The number of rotatable bonds is 6. The highest BCUT2D eigenvalue weighted by Crippen LogP contribution is 2.12. The number of aromatic nitrogens is 2. The van der Waals surface area contributed by atoms with Crippen LogP contribution in [0.3, 0.4) is 0 Å². The molecular weight excluding hydrogens is 264 g/mol. The molecule has 0 saturated heterocycles. The Morgan fingerprint density at radius 3 is 2.57 bits per heavy atom. The molecule has 2 rings (SSSR count). The summed E-state index contributed by atoms with van der Waals surface area (Å²) < 4.78 is 0. The number of carbonyl (C=O) groups excluding carboxylic acids is 1. The molecule has 0 saturated carbocycles. The average Bonchev–Trinajstić information content (AvgIpc) is 2.89. The monoisotopic (exact) mass is 286 g/mol. The van der Waals surface area contributed by atoms with Gasteiger partial charge in [-0.3, -0.25) is 9.89 Å². The molecule has 112 valence electrons. The summed E-state index contributed by atoms with van der Waals surface area (Å²) in [5.74, 6) is -0.0239. The van der Waals surface area contributed by atoms with E-state index >= 15 is 0 Å². The van der Waals surface area contributed by atoms with Crippen molar-refractivity contribution in [3.63, 3.8) is 0 Å². The second-order valence-electron chi connectivity index (χ2n) is 5.32. The Bertz CT molecular complexity index is 587. The Kier molecular flexibility index (Phi) is 4.98. The molecule has 1 heterocycles. The highest BCUT2D eigenvalue weighted by Gasteiger charge is 2.06. The van der Waals surface area contributed by atoms with E-state index in [0.29, 0.717) is 12.1 Å². The maximum Gasteiger partial charge on any atom is 0.251 e. The molecule has 21 heavy (non-hydrogen) atoms. The van der Waals surface area contributed by atoms with Crippen LogP contribution in [0.1, 0.15) is 28.0 Å². The van der Waals surface area contributed by atoms with E-state index in [1.807, 2.05) is 56.4 Å². The van der Waals surface area contributed by atoms with Crippen LogP contribution in [0.15, 0.2) is 30.5 Å². The van der Waals surface area contributed by atoms with Gasteiger partial charge in [0.25, 0.3) is 5.91 Å². The van der Waals surface area contributed by atoms with E-state index in [1.54, 1.807) is 0 Å². The Labute approximate surface area is 125 Å². The second kappa shape index (κ2) is 6.92. The molecule has 1 amide bonds. The first-order valence-electron chi connectivity index (χ1n) is 7.12. The molecule has 0 bridgehead atoms. The highest BCUT2D eigenvalue weighted by molar-refractivity contribution is 5.94. The van der Waals surface area contributed by atoms with Crippen LogP contribution in [-0.2, 0) is 6.42 Å². The zero-order valence-electron chi connectivity index (χ0n) is 12.8. The minimum Gasteiger partial charge on any atom is -0.378 e. The maximum atomic E-state index is 12.0. The number of nitrogens with zero attached hydrogens (tertiary/aromatic N) is 2. The fraction of sp³-hybridized carbons (Fsp3) is 0.375. The van der Waals surface area contributed by atoms with E-state index in [2.05, 4.69) is 15.5 Å². The van der Waals surface area contributed by atoms with Crippen molar-refractivity contribution in [3.05, 3.63) is 47.3 Å². The molecule has 0 aliphatic heterocycles. The molecule has 1 aromatic heterocycles. The fourth-order valence-corrected chi connectivity index (χ4v) is 2.12. The summed E-state index contributed by atoms with van der Waals surface area (Å²) in [6.45, 7) is 2.67. The summed E-state index contributed by atoms with van der Waals surface area (Å²) in [4.78, 5) is 14.0. The Morgan fingerprint density at radius 1 is 1.29 bits per heavy atom. The van der Waals surface area contributed by atoms with E-state index in [0.717, 1.165) is 24.2 Å². The second-order valence-corrected chi connectivity index (χ2v) is 5.32. The van der Waals surface area contributed by atoms with Gasteiger partial charge in [0.15, 0.2) is 0 Å². The predicted molar refractivity (Wildman–Crippen MR) is 84.7 cm³/mol. The van der Waals surface area contributed by atoms with Gasteiger partial charge in [-0.2, -0.15) is 5.10 Å². The summed E-state index contributed by atoms with van der Waals surface area (Å²) >= 11 is 0. The van der Waals surface area contributed by atoms with Crippen LogP contribution in [-0.4, -0.2) is 36.7 Å². The van der Waals surface area contributed by atoms with Crippen LogP contribution in [0.5, 0.6) is 0 Å². The van der Waals surface area contributed by atoms with Crippen LogP contribution >= 0.6 is 0 Å². The van der Waals surface area contributed by atoms with Crippen molar-refractivity contribution < 1.29 is 4.79 Å². The van der Waals surface area contributed by atoms with Gasteiger partial charge in [-0.05, 0) is 49.6 Å². The molecule has 0 spiro atoms. The van der Waals surface area contributed by atoms with Crippen molar-refractivity contribution in [2.45, 2.75) is 19.8 Å². The molecule has 0 radical (unpaired) electrons. The van der Waals surface area contributed by atoms with Crippen LogP contribution in [0.25, 0.3) is 0 Å². The molecule has 5 heteroatoms. The lowest BCUT2D eigenvalue weighted by molar-refractivity contribution is 0.0953. The van der Waals surface area contributed by atoms with Crippen molar-refractivity contribution in [3.8, 4) is 0 Å². The number of hydrogen-bond acceptors (Lipinski definition) is 3. The average molecular weight is 286 g/mol. The molecule has 0 unspecified atom stereocenters. The smallest absolute Gasteiger partial charge is 0.251 e. The largest absolute Gasteiger partial charge is 0.378 e. The quantitative estimate of drug-likeness (QED) is 0.800. The number of nitrogens with one attached hydrogen (secondary N) is 2. The van der Waals surface area contributed by atoms with Gasteiger partial charge in [0.05, 0.1) is 6.20 Å². The lowest BCUT2D eigenvalue weighted by atomic mass is 10.1. The number of anilines is 1. The first-order valence-corrected chi connectivity index (χ1v) is 7.12. The van der Waals surface area contributed by atoms with Crippen LogP contribution in [0.4, 0.5) is 5.69 Å². The van der Waals surface area contributed by atoms with E-state index in [4.69, 9.17) is 0 Å². The van der Waals surface area contributed by atoms with E-state index in [1.165, 1.54) is 5.56 Å². The van der Waals surface area contributed by atoms with Gasteiger partial charge in [0.1, 0.15) is 0 Å². The number of amides is 1. The van der Waals surface area contributed by atoms with Crippen molar-refractivity contribution in [2.75, 3.05) is 25.5 Å². The fourth-order valence-electron chi connectivity index (χ4n) is 2.12. The Balaban J connectivity index is 1.78. The molecule has 1 aromatic carbocycles. The predicted octanol–water partition coefficient (Wildman–Crippen LogP) is 2.15. The molecule has 5 nitrogen and oxygen atoms in total. The molecule has 2 aromatic rings. The lowest BCUT2D eigenvalue weighted by Gasteiger charge is -2.12. The van der Waals surface area contributed by atoms with Crippen LogP contribution in [0.2, 0.25) is 0 Å². The van der Waals surface area contributed by atoms with Gasteiger partial charge >= 0.3 is 0 Å². The molecule has 2 N–H and O–H groups in total. The summed E-state index contributed by atoms with van der Waals surface area (Å²) in [5.41, 5.74) is 4.09. The first-order chi connectivity index (χ1) is 10.1. The minimum atomic E-state index is -0.0239. The maximum absolute atomic E-state index is 12.0. The Morgan fingerprint density at radius 2 is 2.00 bits per heavy atom. The lowest BCUT2D eigenvalue weighted by Crippen LogP contribution is -2.24. The number of aromatic amines is 1. The molecule has 0 aliphatic carbocycles. The molecule has 0 fully saturated rings. The molecule has 0 aliphatic rings. The van der Waals surface area contributed by atoms with Gasteiger partial charge in [0.2, 0.25) is 0 Å². The minimum absolute atomic E-state index is 0.0239. The van der Waals surface area contributed by atoms with Gasteiger partial charge < -0.3 is 10.2 Å². The third-order valence-corrected chi connectivity index (χ3v) is 3.49. The zero-order valence-corrected chi connectivity index (χ0v) is 12.8. The molecule has 0 atom stereocenters. The van der Waals surface area contributed by atoms with Crippen molar-refractivity contribution in [2.24, 2.45) is 0 Å². The SMILES string of the molecule is Cc1[nH]ncc1CCCNC(=O)c1ccc(N(C)C)cc1. The standard InChI is InChI=1S/C16H22N4O/c1-12-14(11-18-19-12)5-4-10-17-16(21)13-6-8-15(9-7-13)20(2)3/h6-9,11H,4-5,10H2,1-3H3,(H,17,21)(H,18,19). The number of benzene rings is 1. The van der Waals surface area contributed by atoms with Gasteiger partial charge in [0, 0.05) is 37.6 Å². The zero-order chi connectivity index (χ0) is 15.2. The third kappa shape index (κ3) is 4.08. The number of H-pyrrole nitrogens is 1. The topological polar surface area (TPSA) is 61.0 Å². The number of hydrogen-bond donors (Lipinski definition) is 2. The van der Waals surface area contributed by atoms with E-state index in [-0.39, 0.29) is 5.91 Å². The highest BCUT2D eigenvalue weighted by atomic mass is 16.1. The van der Waals surface area contributed by atoms with E-state index < -0.39 is 0 Å². The Hall–Kier alpha value is -2.30. The summed E-state index contributed by atoms with van der Waals surface area (Å²) in [7, 11) is 3.96. The normalized spacial score (nSPS) is 10.4. The van der Waals surface area contributed by atoms with Crippen molar-refractivity contribution in [1.82, 2.24) is 15.5 Å². The van der Waals surface area contributed by atoms with Gasteiger partial charge in [-0.1, -0.05) is 0 Å². The number of aryl methyl sites for hydroxylation is 2. The van der Waals surface area contributed by atoms with Gasteiger partial charge in [-0.15, -0.1) is 0 Å². The third-order valence-electron chi connectivity index (χ3n) is 3.49. The first kappa shape index (κ1) is 15.1. The van der Waals surface area contributed by atoms with Crippen molar-refractivity contribution in [1.29, 1.82) is 0 Å². The van der Waals surface area contributed by atoms with Crippen LogP contribution in [0, 0.1) is 6.92 Å². The van der Waals surface area contributed by atoms with Crippen molar-refractivity contribution >= 4 is 11.6 Å². The summed E-state index contributed by atoms with van der Waals surface area (Å²) in [6.07, 6.45) is 3.67. The number of carbonyl (C=O) groups is 1. The van der Waals surface area contributed by atoms with Crippen LogP contribution < -0.4 is 10.2 Å². The van der Waals surface area contributed by atoms with Gasteiger partial charge in [-0.25, -0.2) is 0 Å².